The van der Waals surface area contributed by atoms with E-state index in [0.29, 0.717) is 25.6 Å². The Morgan fingerprint density at radius 3 is 2.26 bits per heavy atom. The van der Waals surface area contributed by atoms with Crippen LogP contribution in [0.2, 0.25) is 0 Å². The zero-order valence-electron chi connectivity index (χ0n) is 22.4. The van der Waals surface area contributed by atoms with Crippen molar-refractivity contribution in [3.05, 3.63) is 29.8 Å². The number of nitrogens with one attached hydrogen (secondary N) is 1. The molecule has 6 heteroatoms. The van der Waals surface area contributed by atoms with Gasteiger partial charge in [-0.15, -0.1) is 0 Å². The van der Waals surface area contributed by atoms with Crippen LogP contribution in [0.1, 0.15) is 85.1 Å². The maximum atomic E-state index is 12.8. The Kier molecular flexibility index (Phi) is 13.9. The second-order valence-electron chi connectivity index (χ2n) is 10.5. The fraction of sp³-hybridized carbons (Fsp3) is 0.714. The Labute approximate surface area is 207 Å². The van der Waals surface area contributed by atoms with Gasteiger partial charge >= 0.3 is 5.97 Å². The molecule has 0 unspecified atom stereocenters. The lowest BCUT2D eigenvalue weighted by Gasteiger charge is -2.33. The van der Waals surface area contributed by atoms with Crippen LogP contribution >= 0.6 is 0 Å². The maximum absolute atomic E-state index is 12.8. The van der Waals surface area contributed by atoms with E-state index in [1.165, 1.54) is 0 Å². The number of amides is 1. The summed E-state index contributed by atoms with van der Waals surface area (Å²) in [6.45, 7) is 11.7. The van der Waals surface area contributed by atoms with E-state index in [-0.39, 0.29) is 29.3 Å². The minimum absolute atomic E-state index is 0.0750. The monoisotopic (exact) mass is 477 g/mol. The summed E-state index contributed by atoms with van der Waals surface area (Å²) in [5.41, 5.74) is 0.994. The summed E-state index contributed by atoms with van der Waals surface area (Å²) in [6.07, 6.45) is 5.66. The average molecular weight is 478 g/mol. The van der Waals surface area contributed by atoms with Crippen molar-refractivity contribution in [3.8, 4) is 5.75 Å². The third-order valence-electron chi connectivity index (χ3n) is 6.23. The van der Waals surface area contributed by atoms with E-state index in [2.05, 4.69) is 33.0 Å². The number of hydrogen-bond donors (Lipinski definition) is 1. The van der Waals surface area contributed by atoms with Crippen molar-refractivity contribution in [2.45, 2.75) is 92.3 Å². The van der Waals surface area contributed by atoms with Gasteiger partial charge in [0.25, 0.3) is 0 Å². The highest BCUT2D eigenvalue weighted by Gasteiger charge is 2.31. The molecular formula is C28H47NO5. The molecule has 0 aliphatic carbocycles. The van der Waals surface area contributed by atoms with Gasteiger partial charge in [-0.25, -0.2) is 0 Å². The van der Waals surface area contributed by atoms with E-state index in [9.17, 15) is 9.59 Å². The molecule has 194 valence electrons. The number of benzene rings is 1. The Balaban J connectivity index is 2.33. The van der Waals surface area contributed by atoms with Crippen LogP contribution in [-0.4, -0.2) is 38.7 Å². The standard InChI is InChI=1S/C28H47NO5/c1-21(11-10-13-26(30)29-6)19-25(28(3,4)5)34-27(31)22(2)12-8-9-18-33-20-23-14-16-24(32-7)17-15-23/h14-17,21-22,25H,8-13,18-20H2,1-7H3,(H,29,30)/t21-,22+,25+/m1/s1. The second-order valence-corrected chi connectivity index (χ2v) is 10.5. The van der Waals surface area contributed by atoms with Gasteiger partial charge in [-0.05, 0) is 54.7 Å². The lowest BCUT2D eigenvalue weighted by atomic mass is 9.82. The number of carbonyl (C=O) groups is 2. The topological polar surface area (TPSA) is 73.9 Å². The van der Waals surface area contributed by atoms with Crippen molar-refractivity contribution < 1.29 is 23.8 Å². The Bertz CT molecular complexity index is 711. The van der Waals surface area contributed by atoms with Crippen molar-refractivity contribution in [2.24, 2.45) is 17.3 Å². The van der Waals surface area contributed by atoms with E-state index < -0.39 is 0 Å². The summed E-state index contributed by atoms with van der Waals surface area (Å²) >= 11 is 0. The average Bonchev–Trinajstić information content (AvgIpc) is 2.80. The zero-order chi connectivity index (χ0) is 25.6. The molecule has 0 aliphatic heterocycles. The quantitative estimate of drug-likeness (QED) is 0.236. The third-order valence-corrected chi connectivity index (χ3v) is 6.23. The van der Waals surface area contributed by atoms with Crippen LogP contribution < -0.4 is 10.1 Å². The van der Waals surface area contributed by atoms with Crippen LogP contribution in [-0.2, 0) is 25.7 Å². The van der Waals surface area contributed by atoms with Crippen molar-refractivity contribution in [2.75, 3.05) is 20.8 Å². The van der Waals surface area contributed by atoms with Gasteiger partial charge in [0.2, 0.25) is 5.91 Å². The lowest BCUT2D eigenvalue weighted by molar-refractivity contribution is -0.160. The first-order chi connectivity index (χ1) is 16.1. The molecule has 0 bridgehead atoms. The van der Waals surface area contributed by atoms with E-state index in [1.807, 2.05) is 31.2 Å². The molecule has 0 spiro atoms. The minimum Gasteiger partial charge on any atom is -0.497 e. The number of ether oxygens (including phenoxy) is 3. The molecular weight excluding hydrogens is 430 g/mol. The number of esters is 1. The minimum atomic E-state index is -0.134. The number of hydrogen-bond acceptors (Lipinski definition) is 5. The molecule has 0 radical (unpaired) electrons. The molecule has 1 aromatic rings. The van der Waals surface area contributed by atoms with Gasteiger partial charge in [-0.1, -0.05) is 59.6 Å². The maximum Gasteiger partial charge on any atom is 0.308 e. The fourth-order valence-electron chi connectivity index (χ4n) is 3.74. The van der Waals surface area contributed by atoms with E-state index >= 15 is 0 Å². The first-order valence-corrected chi connectivity index (χ1v) is 12.7. The van der Waals surface area contributed by atoms with E-state index in [4.69, 9.17) is 14.2 Å². The third kappa shape index (κ3) is 12.4. The second kappa shape index (κ2) is 15.8. The Morgan fingerprint density at radius 2 is 1.68 bits per heavy atom. The molecule has 6 nitrogen and oxygen atoms in total. The van der Waals surface area contributed by atoms with Crippen LogP contribution in [0.5, 0.6) is 5.75 Å². The highest BCUT2D eigenvalue weighted by Crippen LogP contribution is 2.30. The summed E-state index contributed by atoms with van der Waals surface area (Å²) in [5, 5.41) is 2.66. The van der Waals surface area contributed by atoms with Gasteiger partial charge < -0.3 is 19.5 Å². The predicted molar refractivity (Wildman–Crippen MR) is 137 cm³/mol. The highest BCUT2D eigenvalue weighted by atomic mass is 16.5. The molecule has 1 N–H and O–H groups in total. The molecule has 0 aliphatic rings. The molecule has 1 rings (SSSR count). The molecule has 34 heavy (non-hydrogen) atoms. The number of rotatable bonds is 16. The van der Waals surface area contributed by atoms with Gasteiger partial charge in [0.1, 0.15) is 11.9 Å². The van der Waals surface area contributed by atoms with Crippen LogP contribution in [0.4, 0.5) is 0 Å². The normalized spacial score (nSPS) is 14.2. The number of methoxy groups -OCH3 is 1. The molecule has 1 amide bonds. The number of carbonyl (C=O) groups excluding carboxylic acids is 2. The number of unbranched alkanes of at least 4 members (excludes halogenated alkanes) is 1. The first-order valence-electron chi connectivity index (χ1n) is 12.7. The SMILES string of the molecule is CNC(=O)CCC[C@@H](C)C[C@H](OC(=O)[C@@H](C)CCCCOCc1ccc(OC)cc1)C(C)(C)C. The predicted octanol–water partition coefficient (Wildman–Crippen LogP) is 5.92. The molecule has 0 fully saturated rings. The molecule has 0 aromatic heterocycles. The van der Waals surface area contributed by atoms with Gasteiger partial charge in [-0.2, -0.15) is 0 Å². The summed E-state index contributed by atoms with van der Waals surface area (Å²) in [5.74, 6) is 1.06. The summed E-state index contributed by atoms with van der Waals surface area (Å²) in [6, 6.07) is 7.88. The molecule has 3 atom stereocenters. The van der Waals surface area contributed by atoms with Crippen LogP contribution in [0, 0.1) is 17.3 Å². The van der Waals surface area contributed by atoms with Gasteiger partial charge in [0.05, 0.1) is 19.6 Å². The summed E-state index contributed by atoms with van der Waals surface area (Å²) in [4.78, 5) is 24.2. The Hall–Kier alpha value is -2.08. The fourth-order valence-corrected chi connectivity index (χ4v) is 3.74. The van der Waals surface area contributed by atoms with Crippen molar-refractivity contribution in [1.82, 2.24) is 5.32 Å². The molecule has 0 saturated heterocycles. The first kappa shape index (κ1) is 30.0. The smallest absolute Gasteiger partial charge is 0.308 e. The largest absolute Gasteiger partial charge is 0.497 e. The molecule has 0 saturated carbocycles. The zero-order valence-corrected chi connectivity index (χ0v) is 22.4. The summed E-state index contributed by atoms with van der Waals surface area (Å²) in [7, 11) is 3.32. The van der Waals surface area contributed by atoms with Crippen molar-refractivity contribution in [3.63, 3.8) is 0 Å². The summed E-state index contributed by atoms with van der Waals surface area (Å²) < 4.78 is 16.9. The molecule has 0 heterocycles. The Morgan fingerprint density at radius 1 is 1.00 bits per heavy atom. The van der Waals surface area contributed by atoms with E-state index in [1.54, 1.807) is 14.2 Å². The van der Waals surface area contributed by atoms with Crippen molar-refractivity contribution >= 4 is 11.9 Å². The van der Waals surface area contributed by atoms with Crippen LogP contribution in [0.25, 0.3) is 0 Å². The van der Waals surface area contributed by atoms with Gasteiger partial charge in [0, 0.05) is 20.1 Å². The highest BCUT2D eigenvalue weighted by molar-refractivity contribution is 5.75. The van der Waals surface area contributed by atoms with Crippen LogP contribution in [0.15, 0.2) is 24.3 Å². The molecule has 1 aromatic carbocycles. The lowest BCUT2D eigenvalue weighted by Crippen LogP contribution is -2.35. The van der Waals surface area contributed by atoms with E-state index in [0.717, 1.165) is 49.8 Å². The van der Waals surface area contributed by atoms with Gasteiger partial charge in [0.15, 0.2) is 0 Å². The van der Waals surface area contributed by atoms with Crippen molar-refractivity contribution in [1.29, 1.82) is 0 Å². The van der Waals surface area contributed by atoms with Crippen LogP contribution in [0.3, 0.4) is 0 Å². The van der Waals surface area contributed by atoms with Gasteiger partial charge in [-0.3, -0.25) is 9.59 Å².